The molecule has 4 aromatic rings. The maximum Gasteiger partial charge on any atom is 0.358 e. The number of aromatic nitrogens is 3. The van der Waals surface area contributed by atoms with Gasteiger partial charge in [0.1, 0.15) is 0 Å². The average molecular weight is 412 g/mol. The molecule has 0 spiro atoms. The molecule has 7 heteroatoms. The Bertz CT molecular complexity index is 1200. The molecule has 0 fully saturated rings. The van der Waals surface area contributed by atoms with Gasteiger partial charge in [0, 0.05) is 23.0 Å². The largest absolute Gasteiger partial charge is 0.461 e. The zero-order chi connectivity index (χ0) is 21.6. The van der Waals surface area contributed by atoms with Crippen LogP contribution in [0.15, 0.2) is 85.1 Å². The third kappa shape index (κ3) is 4.51. The maximum atomic E-state index is 12.5. The zero-order valence-electron chi connectivity index (χ0n) is 16.9. The highest BCUT2D eigenvalue weighted by molar-refractivity contribution is 6.04. The Morgan fingerprint density at radius 3 is 2.52 bits per heavy atom. The van der Waals surface area contributed by atoms with Crippen LogP contribution in [0.2, 0.25) is 0 Å². The van der Waals surface area contributed by atoms with Gasteiger partial charge in [0.05, 0.1) is 12.3 Å². The summed E-state index contributed by atoms with van der Waals surface area (Å²) in [5.41, 5.74) is 2.78. The number of anilines is 1. The molecule has 1 N–H and O–H groups in total. The minimum Gasteiger partial charge on any atom is -0.461 e. The van der Waals surface area contributed by atoms with Crippen molar-refractivity contribution in [2.75, 3.05) is 11.9 Å². The second-order valence-corrected chi connectivity index (χ2v) is 6.64. The molecule has 1 amide bonds. The molecule has 2 aromatic heterocycles. The number of hydrogen-bond donors (Lipinski definition) is 1. The number of hydrogen-bond acceptors (Lipinski definition) is 5. The fraction of sp³-hybridized carbons (Fsp3) is 0.0833. The van der Waals surface area contributed by atoms with Gasteiger partial charge in [0.25, 0.3) is 5.91 Å². The summed E-state index contributed by atoms with van der Waals surface area (Å²) in [5.74, 6) is -0.151. The molecule has 0 saturated carbocycles. The minimum atomic E-state index is -0.507. The molecule has 0 atom stereocenters. The van der Waals surface area contributed by atoms with E-state index in [9.17, 15) is 9.59 Å². The molecule has 0 saturated heterocycles. The van der Waals surface area contributed by atoms with Crippen LogP contribution in [0.5, 0.6) is 0 Å². The van der Waals surface area contributed by atoms with Gasteiger partial charge >= 0.3 is 5.97 Å². The number of benzene rings is 2. The molecule has 7 nitrogen and oxygen atoms in total. The fourth-order valence-corrected chi connectivity index (χ4v) is 3.09. The molecule has 31 heavy (non-hydrogen) atoms. The number of carbonyl (C=O) groups excluding carboxylic acids is 2. The van der Waals surface area contributed by atoms with Crippen LogP contribution in [-0.4, -0.2) is 33.2 Å². The normalized spacial score (nSPS) is 10.5. The molecular formula is C24H20N4O3. The van der Waals surface area contributed by atoms with Crippen molar-refractivity contribution >= 4 is 17.6 Å². The first-order valence-electron chi connectivity index (χ1n) is 9.81. The van der Waals surface area contributed by atoms with Crippen LogP contribution in [-0.2, 0) is 4.74 Å². The molecular weight excluding hydrogens is 392 g/mol. The van der Waals surface area contributed by atoms with E-state index in [1.165, 1.54) is 0 Å². The summed E-state index contributed by atoms with van der Waals surface area (Å²) in [5, 5.41) is 7.31. The molecule has 0 radical (unpaired) electrons. The van der Waals surface area contributed by atoms with Crippen molar-refractivity contribution < 1.29 is 14.3 Å². The van der Waals surface area contributed by atoms with E-state index in [4.69, 9.17) is 4.74 Å². The summed E-state index contributed by atoms with van der Waals surface area (Å²) < 4.78 is 6.69. The van der Waals surface area contributed by atoms with Crippen LogP contribution in [0.4, 0.5) is 5.69 Å². The van der Waals surface area contributed by atoms with E-state index in [-0.39, 0.29) is 18.2 Å². The second kappa shape index (κ2) is 9.04. The summed E-state index contributed by atoms with van der Waals surface area (Å²) in [6.45, 7) is 2.00. The van der Waals surface area contributed by atoms with Crippen molar-refractivity contribution in [2.24, 2.45) is 0 Å². The monoisotopic (exact) mass is 412 g/mol. The van der Waals surface area contributed by atoms with Gasteiger partial charge in [0.2, 0.25) is 0 Å². The topological polar surface area (TPSA) is 86.1 Å². The first kappa shape index (κ1) is 20.0. The maximum absolute atomic E-state index is 12.5. The predicted molar refractivity (Wildman–Crippen MR) is 117 cm³/mol. The SMILES string of the molecule is CCOC(=O)c1cc(-c2cccc(NC(=O)c3ccccc3)c2)n(-c2ccccn2)n1. The van der Waals surface area contributed by atoms with Crippen molar-refractivity contribution in [3.05, 3.63) is 96.3 Å². The third-order valence-electron chi connectivity index (χ3n) is 4.51. The third-order valence-corrected chi connectivity index (χ3v) is 4.51. The molecule has 0 bridgehead atoms. The van der Waals surface area contributed by atoms with Crippen LogP contribution in [0.25, 0.3) is 17.1 Å². The predicted octanol–water partition coefficient (Wildman–Crippen LogP) is 4.36. The average Bonchev–Trinajstić information content (AvgIpc) is 3.26. The highest BCUT2D eigenvalue weighted by Crippen LogP contribution is 2.26. The first-order valence-corrected chi connectivity index (χ1v) is 9.81. The number of nitrogens with one attached hydrogen (secondary N) is 1. The smallest absolute Gasteiger partial charge is 0.358 e. The first-order chi connectivity index (χ1) is 15.2. The summed E-state index contributed by atoms with van der Waals surface area (Å²) >= 11 is 0. The number of ether oxygens (including phenoxy) is 1. The van der Waals surface area contributed by atoms with E-state index in [0.29, 0.717) is 22.8 Å². The van der Waals surface area contributed by atoms with Crippen molar-refractivity contribution in [1.29, 1.82) is 0 Å². The lowest BCUT2D eigenvalue weighted by atomic mass is 10.1. The van der Waals surface area contributed by atoms with Gasteiger partial charge in [-0.05, 0) is 49.4 Å². The number of pyridine rings is 1. The summed E-state index contributed by atoms with van der Waals surface area (Å²) in [4.78, 5) is 29.1. The Morgan fingerprint density at radius 1 is 0.968 bits per heavy atom. The van der Waals surface area contributed by atoms with Crippen LogP contribution in [0.3, 0.4) is 0 Å². The standard InChI is InChI=1S/C24H20N4O3/c1-2-31-24(30)20-16-21(28(27-20)22-13-6-7-14-25-22)18-11-8-12-19(15-18)26-23(29)17-9-4-3-5-10-17/h3-16H,2H2,1H3,(H,26,29). The summed E-state index contributed by atoms with van der Waals surface area (Å²) in [6.07, 6.45) is 1.65. The number of carbonyl (C=O) groups is 2. The summed E-state index contributed by atoms with van der Waals surface area (Å²) in [7, 11) is 0. The van der Waals surface area contributed by atoms with Gasteiger partial charge in [-0.2, -0.15) is 5.10 Å². The van der Waals surface area contributed by atoms with Crippen molar-refractivity contribution in [3.8, 4) is 17.1 Å². The van der Waals surface area contributed by atoms with Crippen molar-refractivity contribution in [2.45, 2.75) is 6.92 Å². The van der Waals surface area contributed by atoms with Gasteiger partial charge in [-0.1, -0.05) is 36.4 Å². The Kier molecular flexibility index (Phi) is 5.84. The second-order valence-electron chi connectivity index (χ2n) is 6.64. The van der Waals surface area contributed by atoms with E-state index in [2.05, 4.69) is 15.4 Å². The molecule has 0 unspecified atom stereocenters. The molecule has 2 aromatic carbocycles. The number of nitrogens with zero attached hydrogens (tertiary/aromatic N) is 3. The molecule has 2 heterocycles. The lowest BCUT2D eigenvalue weighted by Gasteiger charge is -2.09. The van der Waals surface area contributed by atoms with Crippen molar-refractivity contribution in [1.82, 2.24) is 14.8 Å². The van der Waals surface area contributed by atoms with E-state index in [1.807, 2.05) is 42.5 Å². The molecule has 0 aliphatic rings. The number of esters is 1. The lowest BCUT2D eigenvalue weighted by molar-refractivity contribution is 0.0519. The van der Waals surface area contributed by atoms with E-state index in [0.717, 1.165) is 5.56 Å². The molecule has 154 valence electrons. The van der Waals surface area contributed by atoms with Gasteiger partial charge in [-0.25, -0.2) is 14.5 Å². The molecule has 4 rings (SSSR count). The quantitative estimate of drug-likeness (QED) is 0.476. The lowest BCUT2D eigenvalue weighted by Crippen LogP contribution is -2.11. The van der Waals surface area contributed by atoms with E-state index in [1.54, 1.807) is 54.2 Å². The van der Waals surface area contributed by atoms with Gasteiger partial charge < -0.3 is 10.1 Å². The zero-order valence-corrected chi connectivity index (χ0v) is 16.9. The van der Waals surface area contributed by atoms with Gasteiger partial charge in [0.15, 0.2) is 11.5 Å². The number of rotatable bonds is 6. The minimum absolute atomic E-state index is 0.182. The fourth-order valence-electron chi connectivity index (χ4n) is 3.09. The van der Waals surface area contributed by atoms with Crippen LogP contribution >= 0.6 is 0 Å². The van der Waals surface area contributed by atoms with E-state index >= 15 is 0 Å². The Hall–Kier alpha value is -4.26. The molecule has 0 aliphatic carbocycles. The van der Waals surface area contributed by atoms with Crippen LogP contribution in [0, 0.1) is 0 Å². The van der Waals surface area contributed by atoms with Crippen molar-refractivity contribution in [3.63, 3.8) is 0 Å². The van der Waals surface area contributed by atoms with E-state index < -0.39 is 5.97 Å². The Morgan fingerprint density at radius 2 is 1.77 bits per heavy atom. The Labute approximate surface area is 179 Å². The van der Waals surface area contributed by atoms with Gasteiger partial charge in [-0.3, -0.25) is 4.79 Å². The highest BCUT2D eigenvalue weighted by Gasteiger charge is 2.18. The number of amides is 1. The van der Waals surface area contributed by atoms with Gasteiger partial charge in [-0.15, -0.1) is 0 Å². The Balaban J connectivity index is 1.71. The summed E-state index contributed by atoms with van der Waals surface area (Å²) in [6, 6.07) is 23.4. The molecule has 0 aliphatic heterocycles. The van der Waals surface area contributed by atoms with Crippen LogP contribution in [0.1, 0.15) is 27.8 Å². The highest BCUT2D eigenvalue weighted by atomic mass is 16.5. The van der Waals surface area contributed by atoms with Crippen LogP contribution < -0.4 is 5.32 Å².